The summed E-state index contributed by atoms with van der Waals surface area (Å²) in [6.45, 7) is 4.66. The summed E-state index contributed by atoms with van der Waals surface area (Å²) in [4.78, 5) is 6.38. The third-order valence-corrected chi connectivity index (χ3v) is 2.84. The minimum absolute atomic E-state index is 0.644. The lowest BCUT2D eigenvalue weighted by molar-refractivity contribution is 0.790. The van der Waals surface area contributed by atoms with E-state index in [0.29, 0.717) is 5.02 Å². The van der Waals surface area contributed by atoms with Gasteiger partial charge < -0.3 is 4.90 Å². The average molecular weight is 290 g/mol. The van der Waals surface area contributed by atoms with Crippen molar-refractivity contribution >= 4 is 33.3 Å². The summed E-state index contributed by atoms with van der Waals surface area (Å²) in [7, 11) is 2.02. The lowest BCUT2D eigenvalue weighted by Gasteiger charge is -2.18. The lowest BCUT2D eigenvalue weighted by atomic mass is 10.3. The summed E-state index contributed by atoms with van der Waals surface area (Å²) in [6, 6.07) is 1.86. The van der Waals surface area contributed by atoms with Crippen molar-refractivity contribution in [3.05, 3.63) is 34.4 Å². The van der Waals surface area contributed by atoms with Gasteiger partial charge in [0.05, 0.1) is 9.50 Å². The summed E-state index contributed by atoms with van der Waals surface area (Å²) in [5, 5.41) is 0.644. The molecule has 0 aliphatic rings. The van der Waals surface area contributed by atoms with Crippen LogP contribution in [0.5, 0.6) is 0 Å². The molecule has 0 N–H and O–H groups in total. The Morgan fingerprint density at radius 2 is 2.40 bits per heavy atom. The fourth-order valence-corrected chi connectivity index (χ4v) is 2.21. The highest BCUT2D eigenvalue weighted by molar-refractivity contribution is 9.10. The monoisotopic (exact) mass is 288 g/mol. The van der Waals surface area contributed by atoms with Crippen molar-refractivity contribution in [2.75, 3.05) is 18.5 Å². The van der Waals surface area contributed by atoms with Crippen molar-refractivity contribution in [1.29, 1.82) is 0 Å². The summed E-state index contributed by atoms with van der Waals surface area (Å²) in [5.74, 6) is 0.920. The van der Waals surface area contributed by atoms with Crippen LogP contribution in [0.4, 0.5) is 5.82 Å². The maximum atomic E-state index is 5.82. The molecular formula is C11H14BrClN2. The van der Waals surface area contributed by atoms with Crippen LogP contribution in [-0.2, 0) is 0 Å². The van der Waals surface area contributed by atoms with E-state index in [9.17, 15) is 0 Å². The van der Waals surface area contributed by atoms with Crippen LogP contribution in [0.25, 0.3) is 0 Å². The molecule has 4 heteroatoms. The number of halogens is 2. The first kappa shape index (κ1) is 12.5. The van der Waals surface area contributed by atoms with E-state index in [-0.39, 0.29) is 0 Å². The van der Waals surface area contributed by atoms with Crippen molar-refractivity contribution in [3.63, 3.8) is 0 Å². The number of anilines is 1. The Balaban J connectivity index is 2.64. The first-order valence-corrected chi connectivity index (χ1v) is 5.95. The fourth-order valence-electron chi connectivity index (χ4n) is 1.27. The molecule has 1 heterocycles. The maximum Gasteiger partial charge on any atom is 0.142 e. The van der Waals surface area contributed by atoms with Gasteiger partial charge in [-0.15, -0.1) is 6.58 Å². The van der Waals surface area contributed by atoms with Gasteiger partial charge in [-0.2, -0.15) is 0 Å². The van der Waals surface area contributed by atoms with Gasteiger partial charge in [0.25, 0.3) is 0 Å². The van der Waals surface area contributed by atoms with Gasteiger partial charge in [-0.05, 0) is 34.8 Å². The number of hydrogen-bond acceptors (Lipinski definition) is 2. The van der Waals surface area contributed by atoms with Crippen LogP contribution in [0.3, 0.4) is 0 Å². The number of allylic oxidation sites excluding steroid dienone is 1. The second-order valence-corrected chi connectivity index (χ2v) is 4.60. The molecule has 15 heavy (non-hydrogen) atoms. The van der Waals surface area contributed by atoms with Gasteiger partial charge in [-0.25, -0.2) is 4.98 Å². The number of pyridine rings is 1. The summed E-state index contributed by atoms with van der Waals surface area (Å²) >= 11 is 9.27. The third kappa shape index (κ3) is 3.84. The highest BCUT2D eigenvalue weighted by Crippen LogP contribution is 2.25. The Bertz CT molecular complexity index is 341. The molecule has 0 amide bonds. The molecule has 1 aromatic heterocycles. The molecule has 0 radical (unpaired) electrons. The van der Waals surface area contributed by atoms with Crippen LogP contribution < -0.4 is 4.90 Å². The number of unbranched alkanes of at least 4 members (excludes halogenated alkanes) is 1. The van der Waals surface area contributed by atoms with Gasteiger partial charge >= 0.3 is 0 Å². The van der Waals surface area contributed by atoms with Crippen molar-refractivity contribution in [2.45, 2.75) is 12.8 Å². The zero-order valence-electron chi connectivity index (χ0n) is 8.71. The molecule has 2 nitrogen and oxygen atoms in total. The molecule has 0 aliphatic carbocycles. The number of nitrogens with zero attached hydrogens (tertiary/aromatic N) is 2. The van der Waals surface area contributed by atoms with Gasteiger partial charge in [0.2, 0.25) is 0 Å². The van der Waals surface area contributed by atoms with Crippen molar-refractivity contribution < 1.29 is 0 Å². The standard InChI is InChI=1S/C11H14BrClN2/c1-3-4-5-6-15(2)11-10(12)7-9(13)8-14-11/h3,7-8H,1,4-6H2,2H3. The third-order valence-electron chi connectivity index (χ3n) is 2.05. The first-order valence-electron chi connectivity index (χ1n) is 4.78. The van der Waals surface area contributed by atoms with E-state index in [0.717, 1.165) is 29.7 Å². The first-order chi connectivity index (χ1) is 7.15. The van der Waals surface area contributed by atoms with Crippen LogP contribution in [0, 0.1) is 0 Å². The van der Waals surface area contributed by atoms with E-state index in [1.807, 2.05) is 19.2 Å². The Morgan fingerprint density at radius 1 is 1.67 bits per heavy atom. The SMILES string of the molecule is C=CCCCN(C)c1ncc(Cl)cc1Br. The highest BCUT2D eigenvalue weighted by atomic mass is 79.9. The smallest absolute Gasteiger partial charge is 0.142 e. The number of aromatic nitrogens is 1. The minimum atomic E-state index is 0.644. The van der Waals surface area contributed by atoms with Crippen LogP contribution in [0.1, 0.15) is 12.8 Å². The van der Waals surface area contributed by atoms with Crippen molar-refractivity contribution in [1.82, 2.24) is 4.98 Å². The van der Waals surface area contributed by atoms with E-state index < -0.39 is 0 Å². The molecule has 0 saturated carbocycles. The fraction of sp³-hybridized carbons (Fsp3) is 0.364. The Kier molecular flexibility index (Phi) is 5.12. The lowest BCUT2D eigenvalue weighted by Crippen LogP contribution is -2.19. The Hall–Kier alpha value is -0.540. The van der Waals surface area contributed by atoms with E-state index in [4.69, 9.17) is 11.6 Å². The summed E-state index contributed by atoms with van der Waals surface area (Å²) < 4.78 is 0.927. The topological polar surface area (TPSA) is 16.1 Å². The molecule has 0 saturated heterocycles. The minimum Gasteiger partial charge on any atom is -0.359 e. The van der Waals surface area contributed by atoms with E-state index in [2.05, 4.69) is 32.4 Å². The van der Waals surface area contributed by atoms with Crippen LogP contribution in [-0.4, -0.2) is 18.6 Å². The molecule has 0 bridgehead atoms. The predicted octanol–water partition coefficient (Wildman–Crippen LogP) is 3.90. The zero-order chi connectivity index (χ0) is 11.3. The molecule has 0 fully saturated rings. The van der Waals surface area contributed by atoms with Gasteiger partial charge in [0.1, 0.15) is 5.82 Å². The predicted molar refractivity (Wildman–Crippen MR) is 69.6 cm³/mol. The maximum absolute atomic E-state index is 5.82. The molecule has 0 aromatic carbocycles. The second-order valence-electron chi connectivity index (χ2n) is 3.31. The average Bonchev–Trinajstić information content (AvgIpc) is 2.17. The van der Waals surface area contributed by atoms with Gasteiger partial charge in [0, 0.05) is 19.8 Å². The van der Waals surface area contributed by atoms with Gasteiger partial charge in [-0.1, -0.05) is 17.7 Å². The quantitative estimate of drug-likeness (QED) is 0.604. The van der Waals surface area contributed by atoms with Gasteiger partial charge in [-0.3, -0.25) is 0 Å². The molecule has 0 unspecified atom stereocenters. The van der Waals surface area contributed by atoms with E-state index >= 15 is 0 Å². The van der Waals surface area contributed by atoms with Crippen LogP contribution in [0.2, 0.25) is 5.02 Å². The molecule has 0 atom stereocenters. The number of hydrogen-bond donors (Lipinski definition) is 0. The van der Waals surface area contributed by atoms with Gasteiger partial charge in [0.15, 0.2) is 0 Å². The highest BCUT2D eigenvalue weighted by Gasteiger charge is 2.06. The Morgan fingerprint density at radius 3 is 3.00 bits per heavy atom. The Labute approximate surface area is 104 Å². The molecular weight excluding hydrogens is 275 g/mol. The second kappa shape index (κ2) is 6.13. The van der Waals surface area contributed by atoms with Crippen LogP contribution in [0.15, 0.2) is 29.4 Å². The molecule has 0 spiro atoms. The zero-order valence-corrected chi connectivity index (χ0v) is 11.1. The summed E-state index contributed by atoms with van der Waals surface area (Å²) in [6.07, 6.45) is 5.69. The van der Waals surface area contributed by atoms with Crippen molar-refractivity contribution in [3.8, 4) is 0 Å². The van der Waals surface area contributed by atoms with Crippen LogP contribution >= 0.6 is 27.5 Å². The number of rotatable bonds is 5. The molecule has 82 valence electrons. The summed E-state index contributed by atoms with van der Waals surface area (Å²) in [5.41, 5.74) is 0. The largest absolute Gasteiger partial charge is 0.359 e. The normalized spacial score (nSPS) is 10.1. The molecule has 1 rings (SSSR count). The van der Waals surface area contributed by atoms with Crippen molar-refractivity contribution in [2.24, 2.45) is 0 Å². The molecule has 1 aromatic rings. The molecule has 0 aliphatic heterocycles. The van der Waals surface area contributed by atoms with E-state index in [1.54, 1.807) is 6.20 Å². The van der Waals surface area contributed by atoms with E-state index in [1.165, 1.54) is 0 Å².